The van der Waals surface area contributed by atoms with Crippen LogP contribution in [0.15, 0.2) is 0 Å². The second kappa shape index (κ2) is 20.6. The molecule has 0 heterocycles. The van der Waals surface area contributed by atoms with Crippen LogP contribution in [0.2, 0.25) is 0 Å². The molecule has 0 bridgehead atoms. The molecule has 20 heavy (non-hydrogen) atoms. The van der Waals surface area contributed by atoms with Gasteiger partial charge in [-0.3, -0.25) is 0 Å². The van der Waals surface area contributed by atoms with E-state index < -0.39 is 5.17 Å². The van der Waals surface area contributed by atoms with Crippen molar-refractivity contribution < 1.29 is 14.9 Å². The molecule has 0 rings (SSSR count). The molecule has 0 spiro atoms. The number of hydrogen-bond donors (Lipinski definition) is 4. The Morgan fingerprint density at radius 1 is 1.15 bits per heavy atom. The highest BCUT2D eigenvalue weighted by Gasteiger charge is 1.89. The second-order valence-electron chi connectivity index (χ2n) is 3.54. The first kappa shape index (κ1) is 24.3. The molecule has 5 N–H and O–H groups in total. The van der Waals surface area contributed by atoms with E-state index in [2.05, 4.69) is 61.2 Å². The first-order valence-corrected chi connectivity index (χ1v) is 7.33. The summed E-state index contributed by atoms with van der Waals surface area (Å²) in [5.74, 6) is 0. The molecule has 0 saturated carbocycles. The monoisotopic (exact) mass is 327 g/mol. The SMILES string of the molecule is CCN(CC)CC.COCCCNC(O)=S.NC(O)=S. The van der Waals surface area contributed by atoms with E-state index in [9.17, 15) is 0 Å². The topological polar surface area (TPSA) is 91.0 Å². The molecule has 122 valence electrons. The fourth-order valence-electron chi connectivity index (χ4n) is 1.08. The maximum absolute atomic E-state index is 8.43. The zero-order valence-electron chi connectivity index (χ0n) is 12.9. The zero-order valence-corrected chi connectivity index (χ0v) is 14.5. The highest BCUT2D eigenvalue weighted by atomic mass is 32.1. The van der Waals surface area contributed by atoms with Crippen molar-refractivity contribution in [3.05, 3.63) is 0 Å². The number of thiocarbonyl (C=S) groups is 2. The normalized spacial score (nSPS) is 8.85. The molecule has 0 aromatic heterocycles. The van der Waals surface area contributed by atoms with Crippen molar-refractivity contribution in [1.82, 2.24) is 10.2 Å². The maximum atomic E-state index is 8.43. The summed E-state index contributed by atoms with van der Waals surface area (Å²) in [5.41, 5.74) is 4.40. The molecule has 0 radical (unpaired) electrons. The molecule has 0 atom stereocenters. The highest BCUT2D eigenvalue weighted by Crippen LogP contribution is 1.81. The smallest absolute Gasteiger partial charge is 0.254 e. The third kappa shape index (κ3) is 36.0. The van der Waals surface area contributed by atoms with E-state index in [1.807, 2.05) is 0 Å². The molecule has 0 unspecified atom stereocenters. The molecule has 0 aliphatic heterocycles. The first-order chi connectivity index (χ1) is 9.35. The van der Waals surface area contributed by atoms with Crippen LogP contribution in [0, 0.1) is 0 Å². The summed E-state index contributed by atoms with van der Waals surface area (Å²) in [5, 5.41) is 17.9. The van der Waals surface area contributed by atoms with Crippen LogP contribution in [0.5, 0.6) is 0 Å². The van der Waals surface area contributed by atoms with Crippen LogP contribution in [0.1, 0.15) is 27.2 Å². The molecule has 0 saturated heterocycles. The molecule has 6 nitrogen and oxygen atoms in total. The van der Waals surface area contributed by atoms with E-state index in [0.717, 1.165) is 6.42 Å². The van der Waals surface area contributed by atoms with Gasteiger partial charge in [-0.05, 0) is 50.5 Å². The Labute approximate surface area is 133 Å². The Kier molecular flexibility index (Phi) is 25.1. The van der Waals surface area contributed by atoms with Crippen molar-refractivity contribution in [2.45, 2.75) is 27.2 Å². The second-order valence-corrected chi connectivity index (χ2v) is 4.34. The van der Waals surface area contributed by atoms with Crippen molar-refractivity contribution in [2.75, 3.05) is 39.9 Å². The Morgan fingerprint density at radius 2 is 1.55 bits per heavy atom. The zero-order chi connectivity index (χ0) is 16.4. The van der Waals surface area contributed by atoms with Crippen LogP contribution in [-0.2, 0) is 4.74 Å². The minimum Gasteiger partial charge on any atom is -0.487 e. The minimum absolute atomic E-state index is 0.147. The molecule has 0 aliphatic rings. The lowest BCUT2D eigenvalue weighted by atomic mass is 10.4. The van der Waals surface area contributed by atoms with Crippen LogP contribution in [0.4, 0.5) is 0 Å². The summed E-state index contributed by atoms with van der Waals surface area (Å²) in [6.07, 6.45) is 0.858. The maximum Gasteiger partial charge on any atom is 0.254 e. The van der Waals surface area contributed by atoms with Crippen LogP contribution in [0.3, 0.4) is 0 Å². The number of rotatable bonds is 7. The summed E-state index contributed by atoms with van der Waals surface area (Å²) in [6, 6.07) is 0. The number of aliphatic hydroxyl groups is 2. The number of methoxy groups -OCH3 is 1. The molecule has 8 heteroatoms. The van der Waals surface area contributed by atoms with Crippen molar-refractivity contribution in [2.24, 2.45) is 5.73 Å². The van der Waals surface area contributed by atoms with Crippen LogP contribution >= 0.6 is 24.4 Å². The average Bonchev–Trinajstić information content (AvgIpc) is 2.37. The average molecular weight is 328 g/mol. The number of nitrogens with one attached hydrogen (secondary N) is 1. The summed E-state index contributed by atoms with van der Waals surface area (Å²) in [4.78, 5) is 2.38. The van der Waals surface area contributed by atoms with Gasteiger partial charge in [0.1, 0.15) is 0 Å². The predicted molar refractivity (Wildman–Crippen MR) is 92.6 cm³/mol. The van der Waals surface area contributed by atoms with Crippen LogP contribution in [-0.4, -0.2) is 65.4 Å². The third-order valence-electron chi connectivity index (χ3n) is 2.14. The highest BCUT2D eigenvalue weighted by molar-refractivity contribution is 7.80. The lowest BCUT2D eigenvalue weighted by Gasteiger charge is -2.13. The lowest BCUT2D eigenvalue weighted by Crippen LogP contribution is -2.22. The summed E-state index contributed by atoms with van der Waals surface area (Å²) in [7, 11) is 1.64. The largest absolute Gasteiger partial charge is 0.487 e. The third-order valence-corrected chi connectivity index (χ3v) is 2.29. The van der Waals surface area contributed by atoms with Gasteiger partial charge < -0.3 is 30.9 Å². The fourth-order valence-corrected chi connectivity index (χ4v) is 1.18. The Morgan fingerprint density at radius 3 is 1.75 bits per heavy atom. The number of ether oxygens (including phenoxy) is 1. The standard InChI is InChI=1S/C6H15N.C5H11NO2S.CH3NOS/c1-4-7(5-2)6-3;1-8-4-2-3-6-5(7)9;2-1(3)4/h4-6H2,1-3H3;2-4H2,1H3,(H2,6,7,9);(H3,2,3,4). The van der Waals surface area contributed by atoms with Crippen molar-refractivity contribution in [3.63, 3.8) is 0 Å². The predicted octanol–water partition coefficient (Wildman–Crippen LogP) is 1.59. The fraction of sp³-hybridized carbons (Fsp3) is 0.833. The van der Waals surface area contributed by atoms with E-state index in [1.54, 1.807) is 7.11 Å². The summed E-state index contributed by atoms with van der Waals surface area (Å²) >= 11 is 8.22. The van der Waals surface area contributed by atoms with E-state index in [4.69, 9.17) is 14.9 Å². The molecule has 0 amide bonds. The van der Waals surface area contributed by atoms with Crippen molar-refractivity contribution >= 4 is 34.8 Å². The van der Waals surface area contributed by atoms with E-state index in [0.29, 0.717) is 13.2 Å². The van der Waals surface area contributed by atoms with Gasteiger partial charge in [-0.15, -0.1) is 0 Å². The van der Waals surface area contributed by atoms with Gasteiger partial charge in [-0.25, -0.2) is 0 Å². The molecule has 0 aromatic carbocycles. The van der Waals surface area contributed by atoms with Gasteiger partial charge >= 0.3 is 0 Å². The number of nitrogens with zero attached hydrogens (tertiary/aromatic N) is 1. The van der Waals surface area contributed by atoms with Gasteiger partial charge in [0.15, 0.2) is 0 Å². The number of aliphatic hydroxyl groups excluding tert-OH is 2. The van der Waals surface area contributed by atoms with Gasteiger partial charge in [0.2, 0.25) is 0 Å². The molecule has 0 aliphatic carbocycles. The number of hydrogen-bond acceptors (Lipinski definition) is 4. The Balaban J connectivity index is -0.000000234. The molecule has 0 fully saturated rings. The minimum atomic E-state index is -0.500. The van der Waals surface area contributed by atoms with Gasteiger partial charge in [-0.1, -0.05) is 20.8 Å². The number of nitrogens with two attached hydrogens (primary N) is 1. The van der Waals surface area contributed by atoms with Crippen LogP contribution < -0.4 is 11.1 Å². The summed E-state index contributed by atoms with van der Waals surface area (Å²) < 4.78 is 4.76. The first-order valence-electron chi connectivity index (χ1n) is 6.51. The van der Waals surface area contributed by atoms with E-state index >= 15 is 0 Å². The molecular formula is C12H29N3O3S2. The van der Waals surface area contributed by atoms with Crippen molar-refractivity contribution in [3.8, 4) is 0 Å². The van der Waals surface area contributed by atoms with Crippen LogP contribution in [0.25, 0.3) is 0 Å². The Bertz CT molecular complexity index is 218. The molecular weight excluding hydrogens is 298 g/mol. The summed E-state index contributed by atoms with van der Waals surface area (Å²) in [6.45, 7) is 11.5. The molecule has 0 aromatic rings. The lowest BCUT2D eigenvalue weighted by molar-refractivity contribution is 0.195. The van der Waals surface area contributed by atoms with E-state index in [1.165, 1.54) is 19.6 Å². The Hall–Kier alpha value is -0.700. The van der Waals surface area contributed by atoms with Crippen molar-refractivity contribution in [1.29, 1.82) is 0 Å². The van der Waals surface area contributed by atoms with Gasteiger partial charge in [0.25, 0.3) is 10.3 Å². The van der Waals surface area contributed by atoms with Gasteiger partial charge in [0.05, 0.1) is 0 Å². The van der Waals surface area contributed by atoms with Gasteiger partial charge in [0, 0.05) is 20.3 Å². The van der Waals surface area contributed by atoms with E-state index in [-0.39, 0.29) is 5.17 Å². The van der Waals surface area contributed by atoms with Gasteiger partial charge in [-0.2, -0.15) is 0 Å². The quantitative estimate of drug-likeness (QED) is 0.414.